The number of carbonyl (C=O) groups excluding carboxylic acids is 2. The normalized spacial score (nSPS) is 15.0. The van der Waals surface area contributed by atoms with E-state index < -0.39 is 5.91 Å². The largest absolute Gasteiger partial charge is 0.493 e. The van der Waals surface area contributed by atoms with Gasteiger partial charge in [0.05, 0.1) is 26.4 Å². The maximum atomic E-state index is 12.4. The second-order valence-electron chi connectivity index (χ2n) is 5.28. The predicted octanol–water partition coefficient (Wildman–Crippen LogP) is 3.00. The number of halogens is 1. The van der Waals surface area contributed by atoms with E-state index in [1.54, 1.807) is 18.2 Å². The fourth-order valence-corrected chi connectivity index (χ4v) is 2.66. The molecule has 25 heavy (non-hydrogen) atoms. The first-order chi connectivity index (χ1) is 12.0. The third-order valence-electron chi connectivity index (χ3n) is 3.74. The highest BCUT2D eigenvalue weighted by Crippen LogP contribution is 2.40. The Balaban J connectivity index is 2.34. The smallest absolute Gasteiger partial charge is 0.254 e. The van der Waals surface area contributed by atoms with E-state index in [2.05, 4.69) is 0 Å². The fourth-order valence-electron chi connectivity index (χ4n) is 2.46. The third-order valence-corrected chi connectivity index (χ3v) is 4.06. The van der Waals surface area contributed by atoms with E-state index in [1.165, 1.54) is 38.4 Å². The minimum atomic E-state index is -0.463. The Kier molecular flexibility index (Phi) is 6.47. The number of nitrogens with zero attached hydrogens (tertiary/aromatic N) is 1. The minimum Gasteiger partial charge on any atom is -0.493 e. The highest BCUT2D eigenvalue weighted by molar-refractivity contribution is 6.50. The van der Waals surface area contributed by atoms with Gasteiger partial charge in [0.15, 0.2) is 11.5 Å². The molecule has 0 unspecified atom stereocenters. The van der Waals surface area contributed by atoms with Crippen LogP contribution in [0.4, 0.5) is 0 Å². The average molecular weight is 366 g/mol. The molecule has 2 rings (SSSR count). The highest BCUT2D eigenvalue weighted by atomic mass is 35.5. The van der Waals surface area contributed by atoms with E-state index in [0.717, 1.165) is 12.8 Å². The van der Waals surface area contributed by atoms with Crippen molar-refractivity contribution in [1.29, 1.82) is 0 Å². The summed E-state index contributed by atoms with van der Waals surface area (Å²) in [6.45, 7) is 0.362. The van der Waals surface area contributed by atoms with Gasteiger partial charge in [-0.25, -0.2) is 0 Å². The van der Waals surface area contributed by atoms with Crippen molar-refractivity contribution in [1.82, 2.24) is 4.90 Å². The van der Waals surface area contributed by atoms with Crippen LogP contribution >= 0.6 is 11.6 Å². The van der Waals surface area contributed by atoms with Crippen LogP contribution in [0.25, 0.3) is 5.03 Å². The van der Waals surface area contributed by atoms with Crippen molar-refractivity contribution in [2.24, 2.45) is 0 Å². The Morgan fingerprint density at radius 3 is 2.36 bits per heavy atom. The molecular weight excluding hydrogens is 346 g/mol. The first-order valence-electron chi connectivity index (χ1n) is 7.71. The Hall–Kier alpha value is -2.47. The van der Waals surface area contributed by atoms with E-state index in [-0.39, 0.29) is 10.9 Å². The third kappa shape index (κ3) is 4.33. The predicted molar refractivity (Wildman–Crippen MR) is 95.0 cm³/mol. The molecule has 0 aromatic heterocycles. The van der Waals surface area contributed by atoms with Crippen LogP contribution in [0, 0.1) is 0 Å². The van der Waals surface area contributed by atoms with Gasteiger partial charge in [-0.2, -0.15) is 0 Å². The minimum absolute atomic E-state index is 0.172. The Morgan fingerprint density at radius 2 is 1.80 bits per heavy atom. The maximum absolute atomic E-state index is 12.4. The van der Waals surface area contributed by atoms with E-state index in [1.807, 2.05) is 0 Å². The van der Waals surface area contributed by atoms with Crippen LogP contribution in [0.1, 0.15) is 18.4 Å². The van der Waals surface area contributed by atoms with Gasteiger partial charge in [0.25, 0.3) is 11.8 Å². The molecule has 0 radical (unpaired) electrons. The van der Waals surface area contributed by atoms with E-state index >= 15 is 0 Å². The number of imide groups is 1. The van der Waals surface area contributed by atoms with Crippen LogP contribution in [-0.2, 0) is 9.59 Å². The molecule has 1 aromatic rings. The molecule has 0 N–H and O–H groups in total. The zero-order valence-corrected chi connectivity index (χ0v) is 15.1. The van der Waals surface area contributed by atoms with Crippen molar-refractivity contribution >= 4 is 28.4 Å². The molecule has 0 atom stereocenters. The summed E-state index contributed by atoms with van der Waals surface area (Å²) < 4.78 is 15.8. The molecule has 1 aliphatic rings. The molecule has 134 valence electrons. The molecule has 0 bridgehead atoms. The molecule has 6 nitrogen and oxygen atoms in total. The number of hydrogen-bond donors (Lipinski definition) is 0. The van der Waals surface area contributed by atoms with Crippen molar-refractivity contribution in [2.45, 2.75) is 12.8 Å². The van der Waals surface area contributed by atoms with Crippen molar-refractivity contribution in [3.8, 4) is 17.2 Å². The van der Waals surface area contributed by atoms with Crippen LogP contribution in [0.5, 0.6) is 17.2 Å². The van der Waals surface area contributed by atoms with E-state index in [0.29, 0.717) is 29.4 Å². The molecule has 0 fully saturated rings. The number of rotatable bonds is 5. The van der Waals surface area contributed by atoms with E-state index in [9.17, 15) is 9.59 Å². The average Bonchev–Trinajstić information content (AvgIpc) is 2.84. The quantitative estimate of drug-likeness (QED) is 0.750. The number of amides is 2. The molecule has 0 aliphatic carbocycles. The Bertz CT molecular complexity index is 701. The van der Waals surface area contributed by atoms with Gasteiger partial charge in [0.1, 0.15) is 0 Å². The fraction of sp³-hybridized carbons (Fsp3) is 0.333. The lowest BCUT2D eigenvalue weighted by molar-refractivity contribution is -0.138. The summed E-state index contributed by atoms with van der Waals surface area (Å²) in [5.41, 5.74) is 0.516. The molecule has 1 heterocycles. The summed E-state index contributed by atoms with van der Waals surface area (Å²) in [5.74, 6) is 0.468. The van der Waals surface area contributed by atoms with Crippen LogP contribution < -0.4 is 14.2 Å². The molecule has 7 heteroatoms. The number of ether oxygens (including phenoxy) is 3. The van der Waals surface area contributed by atoms with Crippen molar-refractivity contribution in [2.75, 3.05) is 27.9 Å². The molecule has 2 amide bonds. The van der Waals surface area contributed by atoms with Gasteiger partial charge in [-0.15, -0.1) is 0 Å². The Labute approximate surface area is 151 Å². The zero-order valence-electron chi connectivity index (χ0n) is 14.4. The Morgan fingerprint density at radius 1 is 1.16 bits per heavy atom. The lowest BCUT2D eigenvalue weighted by Crippen LogP contribution is -2.34. The van der Waals surface area contributed by atoms with Gasteiger partial charge in [-0.3, -0.25) is 14.5 Å². The monoisotopic (exact) mass is 365 g/mol. The lowest BCUT2D eigenvalue weighted by atomic mass is 10.1. The second-order valence-corrected chi connectivity index (χ2v) is 5.69. The van der Waals surface area contributed by atoms with Crippen LogP contribution in [-0.4, -0.2) is 44.6 Å². The number of methoxy groups -OCH3 is 3. The van der Waals surface area contributed by atoms with Crippen molar-refractivity contribution < 1.29 is 23.8 Å². The topological polar surface area (TPSA) is 65.1 Å². The first-order valence-corrected chi connectivity index (χ1v) is 8.09. The van der Waals surface area contributed by atoms with Gasteiger partial charge in [-0.1, -0.05) is 17.7 Å². The van der Waals surface area contributed by atoms with Gasteiger partial charge in [-0.05, 0) is 31.1 Å². The summed E-state index contributed by atoms with van der Waals surface area (Å²) in [6.07, 6.45) is 5.88. The summed E-state index contributed by atoms with van der Waals surface area (Å²) in [4.78, 5) is 25.5. The number of hydrogen-bond acceptors (Lipinski definition) is 5. The van der Waals surface area contributed by atoms with Gasteiger partial charge in [0, 0.05) is 18.2 Å². The molecule has 0 spiro atoms. The molecule has 0 saturated carbocycles. The van der Waals surface area contributed by atoms with Gasteiger partial charge >= 0.3 is 0 Å². The van der Waals surface area contributed by atoms with E-state index in [4.69, 9.17) is 25.8 Å². The second kappa shape index (κ2) is 8.58. The standard InChI is InChI=1S/C18H20ClNO5/c1-23-14-9-12(10-15(24-2)18(14)25-3)13(19)11-17(22)20-8-6-4-5-7-16(20)21/h5,7,9-11H,4,6,8H2,1-3H3. The van der Waals surface area contributed by atoms with Crippen LogP contribution in [0.2, 0.25) is 0 Å². The molecular formula is C18H20ClNO5. The summed E-state index contributed by atoms with van der Waals surface area (Å²) in [6, 6.07) is 3.27. The first kappa shape index (κ1) is 18.9. The lowest BCUT2D eigenvalue weighted by Gasteiger charge is -2.16. The van der Waals surface area contributed by atoms with Gasteiger partial charge < -0.3 is 14.2 Å². The maximum Gasteiger partial charge on any atom is 0.254 e. The summed E-state index contributed by atoms with van der Waals surface area (Å²) >= 11 is 6.29. The summed E-state index contributed by atoms with van der Waals surface area (Å²) in [7, 11) is 4.48. The SMILES string of the molecule is COc1cc(C(Cl)=CC(=O)N2CCCC=CC2=O)cc(OC)c1OC. The van der Waals surface area contributed by atoms with Gasteiger partial charge in [0.2, 0.25) is 5.75 Å². The van der Waals surface area contributed by atoms with Crippen molar-refractivity contribution in [3.05, 3.63) is 35.9 Å². The highest BCUT2D eigenvalue weighted by Gasteiger charge is 2.20. The van der Waals surface area contributed by atoms with Crippen LogP contribution in [0.15, 0.2) is 30.4 Å². The molecule has 1 aromatic carbocycles. The van der Waals surface area contributed by atoms with Crippen LogP contribution in [0.3, 0.4) is 0 Å². The zero-order chi connectivity index (χ0) is 18.4. The number of allylic oxidation sites excluding steroid dienone is 1. The summed E-state index contributed by atoms with van der Waals surface area (Å²) in [5, 5.41) is 0.172. The molecule has 1 aliphatic heterocycles. The van der Waals surface area contributed by atoms with Crippen molar-refractivity contribution in [3.63, 3.8) is 0 Å². The number of benzene rings is 1. The number of carbonyl (C=O) groups is 2. The molecule has 0 saturated heterocycles.